The predicted octanol–water partition coefficient (Wildman–Crippen LogP) is 2.98. The Morgan fingerprint density at radius 1 is 1.07 bits per heavy atom. The zero-order valence-electron chi connectivity index (χ0n) is 16.8. The Hall–Kier alpha value is -2.08. The maximum absolute atomic E-state index is 6.10. The number of hydrogen-bond donors (Lipinski definition) is 1. The smallest absolute Gasteiger partial charge is 0.119 e. The van der Waals surface area contributed by atoms with Crippen molar-refractivity contribution in [2.75, 3.05) is 51.3 Å². The van der Waals surface area contributed by atoms with E-state index in [1.807, 2.05) is 12.1 Å². The summed E-state index contributed by atoms with van der Waals surface area (Å²) in [4.78, 5) is 5.02. The third kappa shape index (κ3) is 4.32. The van der Waals surface area contributed by atoms with Gasteiger partial charge in [0.2, 0.25) is 0 Å². The van der Waals surface area contributed by atoms with Crippen molar-refractivity contribution in [1.29, 1.82) is 0 Å². The van der Waals surface area contributed by atoms with Crippen LogP contribution in [0, 0.1) is 0 Å². The first-order valence-corrected chi connectivity index (χ1v) is 10.3. The summed E-state index contributed by atoms with van der Waals surface area (Å²) in [6.07, 6.45) is 2.27. The molecular weight excluding hydrogens is 350 g/mol. The van der Waals surface area contributed by atoms with Gasteiger partial charge < -0.3 is 20.1 Å². The third-order valence-corrected chi connectivity index (χ3v) is 6.00. The number of ether oxygens (including phenoxy) is 2. The fraction of sp³-hybridized carbons (Fsp3) is 0.478. The van der Waals surface area contributed by atoms with Crippen molar-refractivity contribution in [1.82, 2.24) is 4.90 Å². The van der Waals surface area contributed by atoms with Gasteiger partial charge in [0.15, 0.2) is 0 Å². The summed E-state index contributed by atoms with van der Waals surface area (Å²) in [5.74, 6) is 0.911. The number of piperazine rings is 1. The number of nitrogens with zero attached hydrogens (tertiary/aromatic N) is 2. The Labute approximate surface area is 168 Å². The minimum atomic E-state index is 0.218. The Morgan fingerprint density at radius 2 is 1.86 bits per heavy atom. The van der Waals surface area contributed by atoms with Gasteiger partial charge in [0.1, 0.15) is 5.75 Å². The van der Waals surface area contributed by atoms with Gasteiger partial charge in [0.05, 0.1) is 19.8 Å². The number of methoxy groups -OCH3 is 1. The van der Waals surface area contributed by atoms with Crippen molar-refractivity contribution in [3.05, 3.63) is 59.2 Å². The maximum atomic E-state index is 6.10. The van der Waals surface area contributed by atoms with E-state index in [4.69, 9.17) is 15.2 Å². The molecule has 2 aliphatic heterocycles. The van der Waals surface area contributed by atoms with E-state index in [1.54, 1.807) is 7.11 Å². The fourth-order valence-corrected chi connectivity index (χ4v) is 4.28. The first kappa shape index (κ1) is 19.2. The minimum Gasteiger partial charge on any atom is -0.497 e. The monoisotopic (exact) mass is 381 g/mol. The molecule has 0 radical (unpaired) electrons. The summed E-state index contributed by atoms with van der Waals surface area (Å²) in [5.41, 5.74) is 11.1. The van der Waals surface area contributed by atoms with Crippen LogP contribution in [0.3, 0.4) is 0 Å². The predicted molar refractivity (Wildman–Crippen MR) is 113 cm³/mol. The van der Waals surface area contributed by atoms with E-state index in [2.05, 4.69) is 40.1 Å². The molecule has 1 saturated heterocycles. The molecule has 2 aromatic carbocycles. The van der Waals surface area contributed by atoms with Crippen LogP contribution in [0.15, 0.2) is 42.5 Å². The van der Waals surface area contributed by atoms with Crippen LogP contribution in [0.5, 0.6) is 5.75 Å². The highest BCUT2D eigenvalue weighted by Gasteiger charge is 2.23. The first-order valence-electron chi connectivity index (χ1n) is 10.3. The van der Waals surface area contributed by atoms with Crippen molar-refractivity contribution in [3.8, 4) is 5.75 Å². The van der Waals surface area contributed by atoms with Gasteiger partial charge in [-0.15, -0.1) is 0 Å². The largest absolute Gasteiger partial charge is 0.497 e. The van der Waals surface area contributed by atoms with Crippen LogP contribution in [0.25, 0.3) is 0 Å². The molecule has 0 amide bonds. The van der Waals surface area contributed by atoms with Gasteiger partial charge in [-0.05, 0) is 53.8 Å². The van der Waals surface area contributed by atoms with Gasteiger partial charge in [-0.25, -0.2) is 0 Å². The summed E-state index contributed by atoms with van der Waals surface area (Å²) in [6.45, 7) is 6.82. The summed E-state index contributed by atoms with van der Waals surface area (Å²) >= 11 is 0. The van der Waals surface area contributed by atoms with Gasteiger partial charge in [-0.2, -0.15) is 0 Å². The molecule has 28 heavy (non-hydrogen) atoms. The minimum absolute atomic E-state index is 0.218. The van der Waals surface area contributed by atoms with Gasteiger partial charge >= 0.3 is 0 Å². The molecule has 0 aromatic heterocycles. The van der Waals surface area contributed by atoms with Crippen LogP contribution in [-0.4, -0.2) is 51.3 Å². The van der Waals surface area contributed by atoms with E-state index >= 15 is 0 Å². The van der Waals surface area contributed by atoms with Crippen molar-refractivity contribution >= 4 is 5.69 Å². The van der Waals surface area contributed by atoms with E-state index in [1.165, 1.54) is 22.4 Å². The average Bonchev–Trinajstić information content (AvgIpc) is 2.77. The summed E-state index contributed by atoms with van der Waals surface area (Å²) in [6, 6.07) is 15.0. The lowest BCUT2D eigenvalue weighted by atomic mass is 9.93. The SMILES string of the molecule is COc1ccc(N2CCN(CCC3OCCc4cc(CN)ccc43)CC2)cc1. The molecule has 0 bridgehead atoms. The summed E-state index contributed by atoms with van der Waals surface area (Å²) in [7, 11) is 1.71. The second-order valence-corrected chi connectivity index (χ2v) is 7.66. The second kappa shape index (κ2) is 8.95. The molecule has 0 spiro atoms. The molecule has 1 fully saturated rings. The van der Waals surface area contributed by atoms with Gasteiger partial charge in [0.25, 0.3) is 0 Å². The third-order valence-electron chi connectivity index (χ3n) is 6.00. The number of benzene rings is 2. The first-order chi connectivity index (χ1) is 13.8. The highest BCUT2D eigenvalue weighted by Crippen LogP contribution is 2.31. The molecule has 4 rings (SSSR count). The van der Waals surface area contributed by atoms with E-state index in [0.717, 1.165) is 57.9 Å². The number of rotatable bonds is 6. The quantitative estimate of drug-likeness (QED) is 0.834. The number of nitrogens with two attached hydrogens (primary N) is 1. The van der Waals surface area contributed by atoms with Gasteiger partial charge in [-0.3, -0.25) is 4.90 Å². The van der Waals surface area contributed by atoms with E-state index in [0.29, 0.717) is 6.54 Å². The molecule has 2 aromatic rings. The average molecular weight is 382 g/mol. The lowest BCUT2D eigenvalue weighted by molar-refractivity contribution is 0.0289. The lowest BCUT2D eigenvalue weighted by Gasteiger charge is -2.37. The van der Waals surface area contributed by atoms with Gasteiger partial charge in [-0.1, -0.05) is 18.2 Å². The molecular formula is C23H31N3O2. The van der Waals surface area contributed by atoms with Crippen molar-refractivity contribution in [2.45, 2.75) is 25.5 Å². The van der Waals surface area contributed by atoms with E-state index in [-0.39, 0.29) is 6.10 Å². The second-order valence-electron chi connectivity index (χ2n) is 7.66. The van der Waals surface area contributed by atoms with Crippen molar-refractivity contribution in [2.24, 2.45) is 5.73 Å². The summed E-state index contributed by atoms with van der Waals surface area (Å²) in [5, 5.41) is 0. The molecule has 1 unspecified atom stereocenters. The topological polar surface area (TPSA) is 51.0 Å². The molecule has 1 atom stereocenters. The standard InChI is InChI=1S/C23H31N3O2/c1-27-21-5-3-20(4-6-21)26-13-11-25(12-14-26)10-8-23-22-7-2-18(17-24)16-19(22)9-15-28-23/h2-7,16,23H,8-15,17,24H2,1H3. The van der Waals surface area contributed by atoms with Crippen molar-refractivity contribution < 1.29 is 9.47 Å². The Morgan fingerprint density at radius 3 is 2.57 bits per heavy atom. The lowest BCUT2D eigenvalue weighted by Crippen LogP contribution is -2.46. The molecule has 2 N–H and O–H groups in total. The molecule has 5 nitrogen and oxygen atoms in total. The highest BCUT2D eigenvalue weighted by molar-refractivity contribution is 5.49. The van der Waals surface area contributed by atoms with Crippen LogP contribution in [0.4, 0.5) is 5.69 Å². The summed E-state index contributed by atoms with van der Waals surface area (Å²) < 4.78 is 11.4. The van der Waals surface area contributed by atoms with Crippen LogP contribution in [0.2, 0.25) is 0 Å². The van der Waals surface area contributed by atoms with Crippen LogP contribution < -0.4 is 15.4 Å². The van der Waals surface area contributed by atoms with E-state index in [9.17, 15) is 0 Å². The van der Waals surface area contributed by atoms with Crippen LogP contribution >= 0.6 is 0 Å². The molecule has 0 aliphatic carbocycles. The number of fused-ring (bicyclic) bond motifs is 1. The molecule has 2 aliphatic rings. The number of anilines is 1. The fourth-order valence-electron chi connectivity index (χ4n) is 4.28. The van der Waals surface area contributed by atoms with Gasteiger partial charge in [0, 0.05) is 45.0 Å². The molecule has 150 valence electrons. The maximum Gasteiger partial charge on any atom is 0.119 e. The van der Waals surface area contributed by atoms with Crippen molar-refractivity contribution in [3.63, 3.8) is 0 Å². The number of hydrogen-bond acceptors (Lipinski definition) is 5. The molecule has 5 heteroatoms. The zero-order valence-corrected chi connectivity index (χ0v) is 16.8. The molecule has 0 saturated carbocycles. The zero-order chi connectivity index (χ0) is 19.3. The van der Waals surface area contributed by atoms with Crippen LogP contribution in [0.1, 0.15) is 29.2 Å². The Bertz CT molecular complexity index is 770. The van der Waals surface area contributed by atoms with E-state index < -0.39 is 0 Å². The normalized spacial score (nSPS) is 20.1. The molecule has 2 heterocycles. The highest BCUT2D eigenvalue weighted by atomic mass is 16.5. The van der Waals surface area contributed by atoms with Crippen LogP contribution in [-0.2, 0) is 17.7 Å². The Balaban J connectivity index is 1.29. The Kier molecular flexibility index (Phi) is 6.15.